The Bertz CT molecular complexity index is 1230. The summed E-state index contributed by atoms with van der Waals surface area (Å²) >= 11 is 0. The summed E-state index contributed by atoms with van der Waals surface area (Å²) in [4.78, 5) is 12.8. The number of hydrogen-bond donors (Lipinski definition) is 1. The predicted octanol–water partition coefficient (Wildman–Crippen LogP) is 3.90. The Labute approximate surface area is 187 Å². The second kappa shape index (κ2) is 9.98. The minimum atomic E-state index is -4.11. The van der Waals surface area contributed by atoms with E-state index in [0.717, 1.165) is 15.4 Å². The van der Waals surface area contributed by atoms with Crippen molar-refractivity contribution in [2.24, 2.45) is 0 Å². The second-order valence-electron chi connectivity index (χ2n) is 7.08. The molecule has 7 nitrogen and oxygen atoms in total. The molecule has 0 aromatic heterocycles. The van der Waals surface area contributed by atoms with Gasteiger partial charge in [-0.25, -0.2) is 8.42 Å². The summed E-state index contributed by atoms with van der Waals surface area (Å²) in [5.41, 5.74) is 2.44. The van der Waals surface area contributed by atoms with Crippen LogP contribution in [0.2, 0.25) is 0 Å². The molecule has 3 aromatic rings. The van der Waals surface area contributed by atoms with Crippen LogP contribution in [-0.2, 0) is 21.2 Å². The van der Waals surface area contributed by atoms with E-state index in [1.807, 2.05) is 0 Å². The second-order valence-corrected chi connectivity index (χ2v) is 8.91. The summed E-state index contributed by atoms with van der Waals surface area (Å²) in [6, 6.07) is 22.2. The molecule has 0 radical (unpaired) electrons. The molecule has 0 bridgehead atoms. The van der Waals surface area contributed by atoms with Crippen molar-refractivity contribution < 1.29 is 17.9 Å². The van der Waals surface area contributed by atoms with Gasteiger partial charge in [0.15, 0.2) is 0 Å². The minimum Gasteiger partial charge on any atom is -0.495 e. The molecule has 0 aliphatic rings. The summed E-state index contributed by atoms with van der Waals surface area (Å²) in [7, 11) is -2.71. The van der Waals surface area contributed by atoms with Gasteiger partial charge in [0.2, 0.25) is 5.91 Å². The summed E-state index contributed by atoms with van der Waals surface area (Å²) < 4.78 is 33.5. The van der Waals surface area contributed by atoms with Crippen LogP contribution in [0.5, 0.6) is 5.75 Å². The van der Waals surface area contributed by atoms with Gasteiger partial charge in [0.1, 0.15) is 17.2 Å². The molecule has 0 fully saturated rings. The summed E-state index contributed by atoms with van der Waals surface area (Å²) in [6.45, 7) is 1.36. The average Bonchev–Trinajstić information content (AvgIpc) is 2.79. The number of ether oxygens (including phenoxy) is 1. The number of nitrogens with zero attached hydrogens (tertiary/aromatic N) is 2. The maximum absolute atomic E-state index is 13.6. The maximum atomic E-state index is 13.6. The van der Waals surface area contributed by atoms with Crippen molar-refractivity contribution in [2.75, 3.05) is 23.3 Å². The van der Waals surface area contributed by atoms with E-state index in [1.165, 1.54) is 13.2 Å². The van der Waals surface area contributed by atoms with E-state index in [-0.39, 0.29) is 17.1 Å². The molecule has 164 valence electrons. The third-order valence-electron chi connectivity index (χ3n) is 4.74. The van der Waals surface area contributed by atoms with Crippen molar-refractivity contribution in [1.82, 2.24) is 0 Å². The van der Waals surface area contributed by atoms with E-state index in [4.69, 9.17) is 10.00 Å². The molecule has 32 heavy (non-hydrogen) atoms. The van der Waals surface area contributed by atoms with E-state index in [0.29, 0.717) is 11.4 Å². The molecule has 0 heterocycles. The number of para-hydroxylation sites is 1. The molecule has 0 aliphatic carbocycles. The third kappa shape index (κ3) is 5.25. The number of carbonyl (C=O) groups is 1. The molecule has 0 unspecified atom stereocenters. The third-order valence-corrected chi connectivity index (χ3v) is 6.53. The SMILES string of the molecule is COc1ccc(C)cc1S(=O)(=O)N(CC(=O)Nc1ccc(CC#N)cc1)c1ccccc1. The first-order valence-corrected chi connectivity index (χ1v) is 11.3. The van der Waals surface area contributed by atoms with Crippen molar-refractivity contribution in [2.45, 2.75) is 18.2 Å². The van der Waals surface area contributed by atoms with Gasteiger partial charge in [-0.3, -0.25) is 9.10 Å². The molecule has 1 N–H and O–H groups in total. The first-order valence-electron chi connectivity index (χ1n) is 9.83. The van der Waals surface area contributed by atoms with Crippen molar-refractivity contribution in [3.8, 4) is 11.8 Å². The van der Waals surface area contributed by atoms with Crippen LogP contribution in [0.25, 0.3) is 0 Å². The quantitative estimate of drug-likeness (QED) is 0.562. The van der Waals surface area contributed by atoms with Crippen LogP contribution in [0.15, 0.2) is 77.7 Å². The zero-order valence-electron chi connectivity index (χ0n) is 17.8. The number of hydrogen-bond acceptors (Lipinski definition) is 5. The predicted molar refractivity (Wildman–Crippen MR) is 123 cm³/mol. The summed E-state index contributed by atoms with van der Waals surface area (Å²) in [6.07, 6.45) is 0.270. The van der Waals surface area contributed by atoms with Crippen LogP contribution in [0.4, 0.5) is 11.4 Å². The van der Waals surface area contributed by atoms with Gasteiger partial charge in [0.25, 0.3) is 10.0 Å². The zero-order chi connectivity index (χ0) is 23.1. The van der Waals surface area contributed by atoms with Crippen molar-refractivity contribution >= 4 is 27.3 Å². The van der Waals surface area contributed by atoms with Crippen LogP contribution in [0.3, 0.4) is 0 Å². The first kappa shape index (κ1) is 22.8. The fourth-order valence-electron chi connectivity index (χ4n) is 3.14. The number of nitrogens with one attached hydrogen (secondary N) is 1. The molecule has 0 saturated heterocycles. The monoisotopic (exact) mass is 449 g/mol. The fraction of sp³-hybridized carbons (Fsp3) is 0.167. The highest BCUT2D eigenvalue weighted by atomic mass is 32.2. The summed E-state index contributed by atoms with van der Waals surface area (Å²) in [5.74, 6) is -0.304. The number of amides is 1. The molecule has 0 atom stereocenters. The number of methoxy groups -OCH3 is 1. The molecule has 3 aromatic carbocycles. The molecule has 0 spiro atoms. The number of rotatable bonds is 8. The van der Waals surface area contributed by atoms with E-state index in [1.54, 1.807) is 73.7 Å². The molecular weight excluding hydrogens is 426 g/mol. The number of carbonyl (C=O) groups excluding carboxylic acids is 1. The smallest absolute Gasteiger partial charge is 0.268 e. The lowest BCUT2D eigenvalue weighted by atomic mass is 10.1. The van der Waals surface area contributed by atoms with Crippen LogP contribution < -0.4 is 14.4 Å². The maximum Gasteiger partial charge on any atom is 0.268 e. The molecule has 3 rings (SSSR count). The molecule has 8 heteroatoms. The highest BCUT2D eigenvalue weighted by Gasteiger charge is 2.30. The Kier molecular flexibility index (Phi) is 7.13. The lowest BCUT2D eigenvalue weighted by Crippen LogP contribution is -2.38. The van der Waals surface area contributed by atoms with E-state index in [9.17, 15) is 13.2 Å². The minimum absolute atomic E-state index is 0.0162. The van der Waals surface area contributed by atoms with Gasteiger partial charge >= 0.3 is 0 Å². The van der Waals surface area contributed by atoms with Gasteiger partial charge in [-0.05, 0) is 54.4 Å². The van der Waals surface area contributed by atoms with Gasteiger partial charge in [-0.2, -0.15) is 5.26 Å². The van der Waals surface area contributed by atoms with Crippen LogP contribution in [-0.4, -0.2) is 28.0 Å². The highest BCUT2D eigenvalue weighted by Crippen LogP contribution is 2.30. The van der Waals surface area contributed by atoms with Gasteiger partial charge in [-0.1, -0.05) is 36.4 Å². The fourth-order valence-corrected chi connectivity index (χ4v) is 4.81. The number of nitriles is 1. The first-order chi connectivity index (χ1) is 15.3. The Morgan fingerprint density at radius 1 is 1.06 bits per heavy atom. The van der Waals surface area contributed by atoms with Crippen LogP contribution in [0.1, 0.15) is 11.1 Å². The van der Waals surface area contributed by atoms with Crippen molar-refractivity contribution in [3.63, 3.8) is 0 Å². The Morgan fingerprint density at radius 3 is 2.38 bits per heavy atom. The Morgan fingerprint density at radius 2 is 1.75 bits per heavy atom. The molecule has 0 saturated carbocycles. The topological polar surface area (TPSA) is 99.5 Å². The number of benzene rings is 3. The number of sulfonamides is 1. The highest BCUT2D eigenvalue weighted by molar-refractivity contribution is 7.93. The van der Waals surface area contributed by atoms with E-state index in [2.05, 4.69) is 11.4 Å². The van der Waals surface area contributed by atoms with E-state index < -0.39 is 22.5 Å². The Balaban J connectivity index is 1.93. The normalized spacial score (nSPS) is 10.8. The largest absolute Gasteiger partial charge is 0.495 e. The van der Waals surface area contributed by atoms with Crippen molar-refractivity contribution in [3.05, 3.63) is 83.9 Å². The van der Waals surface area contributed by atoms with E-state index >= 15 is 0 Å². The van der Waals surface area contributed by atoms with Crippen LogP contribution >= 0.6 is 0 Å². The Hall–Kier alpha value is -3.83. The standard InChI is InChI=1S/C24H23N3O4S/c1-18-8-13-22(31-2)23(16-18)32(29,30)27(21-6-4-3-5-7-21)17-24(28)26-20-11-9-19(10-12-20)14-15-25/h3-13,16H,14,17H2,1-2H3,(H,26,28). The lowest BCUT2D eigenvalue weighted by molar-refractivity contribution is -0.114. The molecule has 0 aliphatic heterocycles. The summed E-state index contributed by atoms with van der Waals surface area (Å²) in [5, 5.41) is 11.5. The van der Waals surface area contributed by atoms with Crippen molar-refractivity contribution in [1.29, 1.82) is 5.26 Å². The molecule has 1 amide bonds. The van der Waals surface area contributed by atoms with Crippen LogP contribution in [0, 0.1) is 18.3 Å². The number of aryl methyl sites for hydroxylation is 1. The van der Waals surface area contributed by atoms with Gasteiger partial charge in [0.05, 0.1) is 25.3 Å². The lowest BCUT2D eigenvalue weighted by Gasteiger charge is -2.25. The number of anilines is 2. The van der Waals surface area contributed by atoms with Gasteiger partial charge < -0.3 is 10.1 Å². The average molecular weight is 450 g/mol. The molecular formula is C24H23N3O4S. The van der Waals surface area contributed by atoms with Gasteiger partial charge in [0, 0.05) is 5.69 Å². The van der Waals surface area contributed by atoms with Gasteiger partial charge in [-0.15, -0.1) is 0 Å². The zero-order valence-corrected chi connectivity index (χ0v) is 18.6.